The number of amides is 2. The number of carbonyl (C=O) groups is 2. The summed E-state index contributed by atoms with van der Waals surface area (Å²) in [5, 5.41) is 6.02. The van der Waals surface area contributed by atoms with E-state index in [0.29, 0.717) is 12.8 Å². The van der Waals surface area contributed by atoms with Crippen molar-refractivity contribution in [2.24, 2.45) is 10.8 Å². The first kappa shape index (κ1) is 18.7. The second kappa shape index (κ2) is 6.60. The molecule has 0 unspecified atom stereocenters. The first-order valence-electron chi connectivity index (χ1n) is 9.45. The smallest absolute Gasteiger partial charge is 0.408 e. The summed E-state index contributed by atoms with van der Waals surface area (Å²) in [6, 6.07) is 9.62. The molecule has 2 aliphatic rings. The van der Waals surface area contributed by atoms with Crippen molar-refractivity contribution in [3.63, 3.8) is 0 Å². The largest absolute Gasteiger partial charge is 0.445 e. The van der Waals surface area contributed by atoms with Gasteiger partial charge in [-0.3, -0.25) is 4.79 Å². The minimum absolute atomic E-state index is 0.0586. The SMILES string of the molecule is CC1(C)CCC(C)(C)C1NC(=O)C1(NC(=O)OCc2ccccc2)CC1. The Kier molecular flexibility index (Phi) is 4.76. The van der Waals surface area contributed by atoms with Crippen LogP contribution < -0.4 is 10.6 Å². The molecule has 1 aromatic rings. The minimum atomic E-state index is -0.803. The van der Waals surface area contributed by atoms with Crippen molar-refractivity contribution in [2.45, 2.75) is 71.6 Å². The molecule has 0 heterocycles. The quantitative estimate of drug-likeness (QED) is 0.842. The fraction of sp³-hybridized carbons (Fsp3) is 0.619. The summed E-state index contributed by atoms with van der Waals surface area (Å²) in [6.45, 7) is 9.01. The molecule has 2 amide bonds. The van der Waals surface area contributed by atoms with Crippen LogP contribution in [-0.2, 0) is 16.1 Å². The third-order valence-electron chi connectivity index (χ3n) is 5.99. The van der Waals surface area contributed by atoms with Crippen LogP contribution >= 0.6 is 0 Å². The summed E-state index contributed by atoms with van der Waals surface area (Å²) in [7, 11) is 0. The van der Waals surface area contributed by atoms with Gasteiger partial charge in [-0.25, -0.2) is 4.79 Å². The molecule has 0 spiro atoms. The molecule has 0 saturated heterocycles. The molecule has 2 saturated carbocycles. The van der Waals surface area contributed by atoms with Gasteiger partial charge in [-0.1, -0.05) is 58.0 Å². The fourth-order valence-electron chi connectivity index (χ4n) is 4.14. The van der Waals surface area contributed by atoms with Gasteiger partial charge in [0.15, 0.2) is 0 Å². The Morgan fingerprint density at radius 3 is 2.12 bits per heavy atom. The topological polar surface area (TPSA) is 67.4 Å². The molecule has 2 N–H and O–H groups in total. The second-order valence-electron chi connectivity index (χ2n) is 9.15. The Hall–Kier alpha value is -2.04. The van der Waals surface area contributed by atoms with E-state index in [4.69, 9.17) is 4.74 Å². The molecule has 26 heavy (non-hydrogen) atoms. The van der Waals surface area contributed by atoms with Crippen molar-refractivity contribution >= 4 is 12.0 Å². The van der Waals surface area contributed by atoms with E-state index < -0.39 is 11.6 Å². The average molecular weight is 358 g/mol. The molecule has 3 rings (SSSR count). The molecule has 0 radical (unpaired) electrons. The first-order chi connectivity index (χ1) is 12.1. The Morgan fingerprint density at radius 2 is 1.58 bits per heavy atom. The third kappa shape index (κ3) is 3.87. The Morgan fingerprint density at radius 1 is 1.00 bits per heavy atom. The van der Waals surface area contributed by atoms with Crippen LogP contribution in [0.25, 0.3) is 0 Å². The van der Waals surface area contributed by atoms with E-state index >= 15 is 0 Å². The highest BCUT2D eigenvalue weighted by atomic mass is 16.5. The van der Waals surface area contributed by atoms with Gasteiger partial charge in [0.2, 0.25) is 5.91 Å². The van der Waals surface area contributed by atoms with Gasteiger partial charge < -0.3 is 15.4 Å². The van der Waals surface area contributed by atoms with Crippen molar-refractivity contribution in [3.05, 3.63) is 35.9 Å². The molecule has 0 atom stereocenters. The normalized spacial score (nSPS) is 22.5. The van der Waals surface area contributed by atoms with Crippen LogP contribution in [0.3, 0.4) is 0 Å². The van der Waals surface area contributed by atoms with Crippen LogP contribution in [0.4, 0.5) is 4.79 Å². The highest BCUT2D eigenvalue weighted by molar-refractivity contribution is 5.93. The van der Waals surface area contributed by atoms with Gasteiger partial charge in [-0.05, 0) is 42.1 Å². The van der Waals surface area contributed by atoms with E-state index in [1.807, 2.05) is 30.3 Å². The van der Waals surface area contributed by atoms with Crippen LogP contribution in [0.15, 0.2) is 30.3 Å². The van der Waals surface area contributed by atoms with Crippen LogP contribution in [0.1, 0.15) is 58.9 Å². The Labute approximate surface area is 155 Å². The molecule has 1 aromatic carbocycles. The summed E-state index contributed by atoms with van der Waals surface area (Å²) in [5.74, 6) is -0.0813. The number of alkyl carbamates (subject to hydrolysis) is 1. The summed E-state index contributed by atoms with van der Waals surface area (Å²) in [4.78, 5) is 25.0. The van der Waals surface area contributed by atoms with E-state index in [-0.39, 0.29) is 29.4 Å². The first-order valence-corrected chi connectivity index (χ1v) is 9.45. The number of ether oxygens (including phenoxy) is 1. The lowest BCUT2D eigenvalue weighted by atomic mass is 9.78. The van der Waals surface area contributed by atoms with Gasteiger partial charge >= 0.3 is 6.09 Å². The second-order valence-corrected chi connectivity index (χ2v) is 9.15. The molecular weight excluding hydrogens is 328 g/mol. The van der Waals surface area contributed by atoms with Gasteiger partial charge in [-0.2, -0.15) is 0 Å². The average Bonchev–Trinajstić information content (AvgIpc) is 3.33. The highest BCUT2D eigenvalue weighted by Crippen LogP contribution is 2.49. The maximum Gasteiger partial charge on any atom is 0.408 e. The standard InChI is InChI=1S/C21H30N2O3/c1-19(2)10-11-20(3,4)16(19)22-17(24)21(12-13-21)23-18(25)26-14-15-8-6-5-7-9-15/h5-9,16H,10-14H2,1-4H3,(H,22,24)(H,23,25). The summed E-state index contributed by atoms with van der Waals surface area (Å²) in [5.41, 5.74) is 0.237. The van der Waals surface area contributed by atoms with Crippen LogP contribution in [0, 0.1) is 10.8 Å². The van der Waals surface area contributed by atoms with E-state index in [9.17, 15) is 9.59 Å². The van der Waals surface area contributed by atoms with Crippen LogP contribution in [0.2, 0.25) is 0 Å². The van der Waals surface area contributed by atoms with E-state index in [1.54, 1.807) is 0 Å². The molecule has 5 nitrogen and oxygen atoms in total. The van der Waals surface area contributed by atoms with Gasteiger partial charge in [-0.15, -0.1) is 0 Å². The molecule has 142 valence electrons. The number of hydrogen-bond acceptors (Lipinski definition) is 3. The lowest BCUT2D eigenvalue weighted by Gasteiger charge is -2.37. The fourth-order valence-corrected chi connectivity index (χ4v) is 4.14. The van der Waals surface area contributed by atoms with Crippen molar-refractivity contribution in [3.8, 4) is 0 Å². The van der Waals surface area contributed by atoms with Gasteiger partial charge in [0.05, 0.1) is 0 Å². The predicted octanol–water partition coefficient (Wildman–Crippen LogP) is 3.78. The summed E-state index contributed by atoms with van der Waals surface area (Å²) >= 11 is 0. The zero-order valence-electron chi connectivity index (χ0n) is 16.2. The molecule has 2 aliphatic carbocycles. The summed E-state index contributed by atoms with van der Waals surface area (Å²) in [6.07, 6.45) is 2.96. The molecule has 0 bridgehead atoms. The van der Waals surface area contributed by atoms with E-state index in [1.165, 1.54) is 0 Å². The van der Waals surface area contributed by atoms with Crippen molar-refractivity contribution in [1.82, 2.24) is 10.6 Å². The molecule has 0 aliphatic heterocycles. The van der Waals surface area contributed by atoms with Crippen LogP contribution in [-0.4, -0.2) is 23.6 Å². The number of hydrogen-bond donors (Lipinski definition) is 2. The van der Waals surface area contributed by atoms with Crippen LogP contribution in [0.5, 0.6) is 0 Å². The number of benzene rings is 1. The zero-order valence-corrected chi connectivity index (χ0v) is 16.2. The predicted molar refractivity (Wildman–Crippen MR) is 100 cm³/mol. The molecule has 5 heteroatoms. The summed E-state index contributed by atoms with van der Waals surface area (Å²) < 4.78 is 5.28. The molecule has 0 aromatic heterocycles. The van der Waals surface area contributed by atoms with Gasteiger partial charge in [0, 0.05) is 6.04 Å². The van der Waals surface area contributed by atoms with E-state index in [0.717, 1.165) is 18.4 Å². The maximum absolute atomic E-state index is 12.9. The number of nitrogens with one attached hydrogen (secondary N) is 2. The third-order valence-corrected chi connectivity index (χ3v) is 5.99. The van der Waals surface area contributed by atoms with Crippen molar-refractivity contribution in [2.75, 3.05) is 0 Å². The molecular formula is C21H30N2O3. The van der Waals surface area contributed by atoms with E-state index in [2.05, 4.69) is 38.3 Å². The maximum atomic E-state index is 12.9. The number of carbonyl (C=O) groups excluding carboxylic acids is 2. The van der Waals surface area contributed by atoms with Gasteiger partial charge in [0.25, 0.3) is 0 Å². The lowest BCUT2D eigenvalue weighted by Crippen LogP contribution is -2.56. The van der Waals surface area contributed by atoms with Crippen molar-refractivity contribution in [1.29, 1.82) is 0 Å². The monoisotopic (exact) mass is 358 g/mol. The van der Waals surface area contributed by atoms with Gasteiger partial charge in [0.1, 0.15) is 12.1 Å². The zero-order chi connectivity index (χ0) is 19.0. The Balaban J connectivity index is 1.56. The van der Waals surface area contributed by atoms with Crippen molar-refractivity contribution < 1.29 is 14.3 Å². The highest BCUT2D eigenvalue weighted by Gasteiger charge is 2.55. The number of rotatable bonds is 5. The minimum Gasteiger partial charge on any atom is -0.445 e. The Bertz CT molecular complexity index is 662. The lowest BCUT2D eigenvalue weighted by molar-refractivity contribution is -0.126. The molecule has 2 fully saturated rings.